The number of aromatic hydroxyl groups is 1. The lowest BCUT2D eigenvalue weighted by Gasteiger charge is -2.18. The Labute approximate surface area is 156 Å². The predicted octanol–water partition coefficient (Wildman–Crippen LogP) is 3.03. The fourth-order valence-electron chi connectivity index (χ4n) is 3.59. The van der Waals surface area contributed by atoms with Gasteiger partial charge in [-0.2, -0.15) is 0 Å². The van der Waals surface area contributed by atoms with Gasteiger partial charge in [-0.05, 0) is 42.7 Å². The first-order chi connectivity index (χ1) is 13.1. The molecule has 2 fully saturated rings. The lowest BCUT2D eigenvalue weighted by atomic mass is 10.1. The summed E-state index contributed by atoms with van der Waals surface area (Å²) in [5.41, 5.74) is 2.31. The first-order valence-electron chi connectivity index (χ1n) is 8.94. The summed E-state index contributed by atoms with van der Waals surface area (Å²) in [7, 11) is 1.32. The molecule has 2 unspecified atom stereocenters. The number of carbonyl (C=O) groups is 1. The number of anilines is 1. The molecule has 6 nitrogen and oxygen atoms in total. The highest BCUT2D eigenvalue weighted by atomic mass is 19.1. The van der Waals surface area contributed by atoms with Gasteiger partial charge >= 0.3 is 5.97 Å². The van der Waals surface area contributed by atoms with Gasteiger partial charge < -0.3 is 19.5 Å². The summed E-state index contributed by atoms with van der Waals surface area (Å²) < 4.78 is 24.3. The van der Waals surface area contributed by atoms with E-state index in [-0.39, 0.29) is 5.75 Å². The number of hydrogen-bond acceptors (Lipinski definition) is 6. The van der Waals surface area contributed by atoms with Crippen LogP contribution in [0.15, 0.2) is 36.4 Å². The number of ether oxygens (including phenoxy) is 2. The largest absolute Gasteiger partial charge is 0.502 e. The zero-order valence-corrected chi connectivity index (χ0v) is 14.9. The molecule has 0 bridgehead atoms. The Kier molecular flexibility index (Phi) is 4.61. The third-order valence-corrected chi connectivity index (χ3v) is 5.06. The number of phenolic OH excluding ortho intramolecular Hbond substituents is 1. The molecule has 2 aromatic rings. The van der Waals surface area contributed by atoms with Crippen molar-refractivity contribution in [1.29, 1.82) is 0 Å². The third-order valence-electron chi connectivity index (χ3n) is 5.06. The Balaban J connectivity index is 1.53. The fourth-order valence-corrected chi connectivity index (χ4v) is 3.59. The van der Waals surface area contributed by atoms with Gasteiger partial charge in [-0.3, -0.25) is 5.32 Å². The summed E-state index contributed by atoms with van der Waals surface area (Å²) in [6.07, 6.45) is 1.80. The van der Waals surface area contributed by atoms with Crippen LogP contribution < -0.4 is 15.0 Å². The lowest BCUT2D eigenvalue weighted by Crippen LogP contribution is -2.21. The highest BCUT2D eigenvalue weighted by Gasteiger charge is 2.36. The predicted molar refractivity (Wildman–Crippen MR) is 97.2 cm³/mol. The van der Waals surface area contributed by atoms with Gasteiger partial charge in [0.15, 0.2) is 23.5 Å². The highest BCUT2D eigenvalue weighted by molar-refractivity contribution is 5.80. The Morgan fingerprint density at radius 1 is 1.19 bits per heavy atom. The molecule has 2 saturated heterocycles. The van der Waals surface area contributed by atoms with Crippen molar-refractivity contribution < 1.29 is 23.8 Å². The molecule has 2 N–H and O–H groups in total. The number of benzene rings is 2. The lowest BCUT2D eigenvalue weighted by molar-refractivity contribution is -0.142. The van der Waals surface area contributed by atoms with E-state index >= 15 is 0 Å². The minimum absolute atomic E-state index is 0.0296. The molecule has 7 heteroatoms. The molecule has 0 aliphatic carbocycles. The SMILES string of the molecule is COc1cc(C2NC(c3ccc(N4CCCC4)cc3)OC2=O)cc(F)c1O. The van der Waals surface area contributed by atoms with Crippen LogP contribution in [-0.2, 0) is 9.53 Å². The summed E-state index contributed by atoms with van der Waals surface area (Å²) >= 11 is 0. The van der Waals surface area contributed by atoms with Crippen molar-refractivity contribution in [2.24, 2.45) is 0 Å². The Morgan fingerprint density at radius 2 is 1.89 bits per heavy atom. The second-order valence-corrected chi connectivity index (χ2v) is 6.76. The number of esters is 1. The normalized spacial score (nSPS) is 22.1. The van der Waals surface area contributed by atoms with Gasteiger partial charge in [-0.15, -0.1) is 0 Å². The molecular formula is C20H21FN2O4. The monoisotopic (exact) mass is 372 g/mol. The first-order valence-corrected chi connectivity index (χ1v) is 8.94. The van der Waals surface area contributed by atoms with Crippen molar-refractivity contribution in [3.8, 4) is 11.5 Å². The Bertz CT molecular complexity index is 850. The van der Waals surface area contributed by atoms with Gasteiger partial charge in [0.1, 0.15) is 6.04 Å². The van der Waals surface area contributed by atoms with E-state index in [4.69, 9.17) is 9.47 Å². The molecule has 0 saturated carbocycles. The molecule has 142 valence electrons. The van der Waals surface area contributed by atoms with Gasteiger partial charge in [0, 0.05) is 24.3 Å². The smallest absolute Gasteiger partial charge is 0.329 e. The van der Waals surface area contributed by atoms with E-state index in [0.29, 0.717) is 5.56 Å². The second-order valence-electron chi connectivity index (χ2n) is 6.76. The molecule has 2 aromatic carbocycles. The van der Waals surface area contributed by atoms with E-state index < -0.39 is 29.8 Å². The van der Waals surface area contributed by atoms with Crippen LogP contribution in [0, 0.1) is 5.82 Å². The zero-order chi connectivity index (χ0) is 19.0. The Morgan fingerprint density at radius 3 is 2.56 bits per heavy atom. The number of rotatable bonds is 4. The van der Waals surface area contributed by atoms with Crippen LogP contribution in [-0.4, -0.2) is 31.3 Å². The van der Waals surface area contributed by atoms with Crippen molar-refractivity contribution in [1.82, 2.24) is 5.32 Å². The van der Waals surface area contributed by atoms with Crippen molar-refractivity contribution in [2.45, 2.75) is 25.1 Å². The van der Waals surface area contributed by atoms with Gasteiger partial charge in [0.25, 0.3) is 0 Å². The number of methoxy groups -OCH3 is 1. The average molecular weight is 372 g/mol. The maximum Gasteiger partial charge on any atom is 0.329 e. The molecule has 4 rings (SSSR count). The summed E-state index contributed by atoms with van der Waals surface area (Å²) in [6, 6.07) is 9.60. The summed E-state index contributed by atoms with van der Waals surface area (Å²) in [4.78, 5) is 14.6. The number of phenols is 1. The summed E-state index contributed by atoms with van der Waals surface area (Å²) in [5, 5.41) is 12.7. The Hall–Kier alpha value is -2.80. The third kappa shape index (κ3) is 3.30. The molecule has 0 amide bonds. The van der Waals surface area contributed by atoms with Crippen LogP contribution in [0.4, 0.5) is 10.1 Å². The van der Waals surface area contributed by atoms with Crippen molar-refractivity contribution in [2.75, 3.05) is 25.1 Å². The van der Waals surface area contributed by atoms with E-state index in [9.17, 15) is 14.3 Å². The van der Waals surface area contributed by atoms with Crippen LogP contribution in [0.1, 0.15) is 36.2 Å². The standard InChI is InChI=1S/C20H21FN2O4/c1-26-16-11-13(10-15(21)18(16)24)17-20(25)27-19(22-17)12-4-6-14(7-5-12)23-8-2-3-9-23/h4-7,10-11,17,19,22,24H,2-3,8-9H2,1H3. The summed E-state index contributed by atoms with van der Waals surface area (Å²) in [5.74, 6) is -1.96. The number of cyclic esters (lactones) is 1. The molecule has 2 aliphatic rings. The van der Waals surface area contributed by atoms with E-state index in [1.807, 2.05) is 24.3 Å². The number of nitrogens with one attached hydrogen (secondary N) is 1. The van der Waals surface area contributed by atoms with Crippen LogP contribution in [0.5, 0.6) is 11.5 Å². The molecular weight excluding hydrogens is 351 g/mol. The first kappa shape index (κ1) is 17.6. The van der Waals surface area contributed by atoms with Gasteiger partial charge in [-0.1, -0.05) is 12.1 Å². The van der Waals surface area contributed by atoms with Crippen LogP contribution >= 0.6 is 0 Å². The topological polar surface area (TPSA) is 71.0 Å². The van der Waals surface area contributed by atoms with Crippen LogP contribution in [0.2, 0.25) is 0 Å². The maximum atomic E-state index is 13.9. The van der Waals surface area contributed by atoms with Crippen molar-refractivity contribution in [3.05, 3.63) is 53.3 Å². The molecule has 0 aromatic heterocycles. The van der Waals surface area contributed by atoms with Gasteiger partial charge in [0.05, 0.1) is 7.11 Å². The van der Waals surface area contributed by atoms with E-state index in [2.05, 4.69) is 10.2 Å². The van der Waals surface area contributed by atoms with Gasteiger partial charge in [-0.25, -0.2) is 9.18 Å². The average Bonchev–Trinajstić information content (AvgIpc) is 3.34. The quantitative estimate of drug-likeness (QED) is 0.804. The van der Waals surface area contributed by atoms with Gasteiger partial charge in [0.2, 0.25) is 0 Å². The maximum absolute atomic E-state index is 13.9. The van der Waals surface area contributed by atoms with Crippen LogP contribution in [0.25, 0.3) is 0 Å². The second kappa shape index (κ2) is 7.08. The van der Waals surface area contributed by atoms with Crippen molar-refractivity contribution >= 4 is 11.7 Å². The van der Waals surface area contributed by atoms with E-state index in [1.165, 1.54) is 26.0 Å². The van der Waals surface area contributed by atoms with E-state index in [1.54, 1.807) is 0 Å². The minimum atomic E-state index is -0.850. The molecule has 27 heavy (non-hydrogen) atoms. The van der Waals surface area contributed by atoms with E-state index in [0.717, 1.165) is 30.4 Å². The number of halogens is 1. The van der Waals surface area contributed by atoms with Crippen molar-refractivity contribution in [3.63, 3.8) is 0 Å². The minimum Gasteiger partial charge on any atom is -0.502 e. The fraction of sp³-hybridized carbons (Fsp3) is 0.350. The molecule has 2 atom stereocenters. The number of nitrogens with zero attached hydrogens (tertiary/aromatic N) is 1. The molecule has 2 heterocycles. The highest BCUT2D eigenvalue weighted by Crippen LogP contribution is 2.36. The molecule has 2 aliphatic heterocycles. The number of carbonyl (C=O) groups excluding carboxylic acids is 1. The number of hydrogen-bond donors (Lipinski definition) is 2. The van der Waals surface area contributed by atoms with Crippen LogP contribution in [0.3, 0.4) is 0 Å². The molecule has 0 radical (unpaired) electrons. The summed E-state index contributed by atoms with van der Waals surface area (Å²) in [6.45, 7) is 2.12. The molecule has 0 spiro atoms. The zero-order valence-electron chi connectivity index (χ0n) is 14.9.